The molecule has 1 aromatic heterocycles. The monoisotopic (exact) mass is 245 g/mol. The fourth-order valence-electron chi connectivity index (χ4n) is 2.35. The first-order valence-electron chi connectivity index (χ1n) is 5.61. The number of hydrogen-bond acceptors (Lipinski definition) is 2. The lowest BCUT2D eigenvalue weighted by atomic mass is 9.72. The molecule has 0 aromatic carbocycles. The van der Waals surface area contributed by atoms with Crippen LogP contribution in [0, 0.1) is 6.92 Å². The van der Waals surface area contributed by atoms with Crippen LogP contribution in [-0.4, -0.2) is 12.5 Å². The number of halogens is 2. The van der Waals surface area contributed by atoms with Crippen LogP contribution in [0.15, 0.2) is 11.4 Å². The maximum Gasteiger partial charge on any atom is 0.248 e. The Kier molecular flexibility index (Phi) is 3.05. The molecular weight excluding hydrogens is 228 g/mol. The van der Waals surface area contributed by atoms with Gasteiger partial charge in [-0.3, -0.25) is 0 Å². The first-order valence-corrected chi connectivity index (χ1v) is 6.49. The van der Waals surface area contributed by atoms with E-state index in [0.29, 0.717) is 19.4 Å². The molecule has 2 N–H and O–H groups in total. The van der Waals surface area contributed by atoms with Crippen molar-refractivity contribution in [2.24, 2.45) is 5.73 Å². The predicted molar refractivity (Wildman–Crippen MR) is 63.2 cm³/mol. The Hall–Kier alpha value is -0.480. The second kappa shape index (κ2) is 4.08. The second-order valence-corrected chi connectivity index (χ2v) is 5.74. The summed E-state index contributed by atoms with van der Waals surface area (Å²) in [5.74, 6) is -2.48. The third-order valence-corrected chi connectivity index (χ3v) is 4.88. The van der Waals surface area contributed by atoms with Crippen LogP contribution in [0.25, 0.3) is 0 Å². The normalized spacial score (nSPS) is 23.2. The second-order valence-electron chi connectivity index (χ2n) is 4.83. The molecule has 0 unspecified atom stereocenters. The number of alkyl halides is 2. The SMILES string of the molecule is Cc1csc(C2(CN)CCC(F)(F)CC2)c1. The van der Waals surface area contributed by atoms with Crippen molar-refractivity contribution in [3.05, 3.63) is 21.9 Å². The molecule has 16 heavy (non-hydrogen) atoms. The molecule has 0 aliphatic heterocycles. The van der Waals surface area contributed by atoms with Crippen molar-refractivity contribution in [3.8, 4) is 0 Å². The third-order valence-electron chi connectivity index (χ3n) is 3.58. The summed E-state index contributed by atoms with van der Waals surface area (Å²) in [5, 5.41) is 2.07. The van der Waals surface area contributed by atoms with Gasteiger partial charge in [0.1, 0.15) is 0 Å². The maximum atomic E-state index is 13.2. The molecule has 1 aliphatic rings. The molecule has 0 saturated heterocycles. The van der Waals surface area contributed by atoms with Crippen molar-refractivity contribution in [2.75, 3.05) is 6.54 Å². The smallest absolute Gasteiger partial charge is 0.248 e. The van der Waals surface area contributed by atoms with Crippen LogP contribution in [0.5, 0.6) is 0 Å². The van der Waals surface area contributed by atoms with Crippen LogP contribution in [0.4, 0.5) is 8.78 Å². The zero-order chi connectivity index (χ0) is 11.8. The standard InChI is InChI=1S/C12H17F2NS/c1-9-6-10(16-7-9)11(8-15)2-4-12(13,14)5-3-11/h6-7H,2-5,8,15H2,1H3. The van der Waals surface area contributed by atoms with Crippen LogP contribution < -0.4 is 5.73 Å². The van der Waals surface area contributed by atoms with Gasteiger partial charge in [0.15, 0.2) is 0 Å². The van der Waals surface area contributed by atoms with Gasteiger partial charge in [0.25, 0.3) is 0 Å². The van der Waals surface area contributed by atoms with E-state index in [4.69, 9.17) is 5.73 Å². The highest BCUT2D eigenvalue weighted by molar-refractivity contribution is 7.10. The van der Waals surface area contributed by atoms with Gasteiger partial charge in [-0.05, 0) is 36.8 Å². The lowest BCUT2D eigenvalue weighted by Crippen LogP contribution is -2.41. The van der Waals surface area contributed by atoms with Crippen LogP contribution in [-0.2, 0) is 5.41 Å². The van der Waals surface area contributed by atoms with Crippen LogP contribution >= 0.6 is 11.3 Å². The average molecular weight is 245 g/mol. The lowest BCUT2D eigenvalue weighted by molar-refractivity contribution is -0.0504. The van der Waals surface area contributed by atoms with Gasteiger partial charge in [-0.15, -0.1) is 11.3 Å². The summed E-state index contributed by atoms with van der Waals surface area (Å²) in [6.45, 7) is 2.50. The van der Waals surface area contributed by atoms with E-state index in [1.807, 2.05) is 6.92 Å². The quantitative estimate of drug-likeness (QED) is 0.848. The molecule has 2 rings (SSSR count). The zero-order valence-corrected chi connectivity index (χ0v) is 10.2. The van der Waals surface area contributed by atoms with Crippen molar-refractivity contribution in [1.29, 1.82) is 0 Å². The fraction of sp³-hybridized carbons (Fsp3) is 0.667. The zero-order valence-electron chi connectivity index (χ0n) is 9.43. The van der Waals surface area contributed by atoms with Gasteiger partial charge in [-0.1, -0.05) is 0 Å². The van der Waals surface area contributed by atoms with Gasteiger partial charge in [0.2, 0.25) is 5.92 Å². The number of nitrogens with two attached hydrogens (primary N) is 1. The Morgan fingerprint density at radius 2 is 1.94 bits per heavy atom. The summed E-state index contributed by atoms with van der Waals surface area (Å²) in [4.78, 5) is 1.18. The summed E-state index contributed by atoms with van der Waals surface area (Å²) in [5.41, 5.74) is 6.84. The highest BCUT2D eigenvalue weighted by Gasteiger charge is 2.44. The van der Waals surface area contributed by atoms with Gasteiger partial charge in [0.05, 0.1) is 0 Å². The topological polar surface area (TPSA) is 26.0 Å². The van der Waals surface area contributed by atoms with E-state index >= 15 is 0 Å². The van der Waals surface area contributed by atoms with Crippen molar-refractivity contribution in [2.45, 2.75) is 43.9 Å². The first-order chi connectivity index (χ1) is 7.47. The molecular formula is C12H17F2NS. The van der Waals surface area contributed by atoms with E-state index in [2.05, 4.69) is 11.4 Å². The van der Waals surface area contributed by atoms with E-state index in [9.17, 15) is 8.78 Å². The number of rotatable bonds is 2. The molecule has 4 heteroatoms. The van der Waals surface area contributed by atoms with E-state index in [0.717, 1.165) is 0 Å². The first kappa shape index (κ1) is 12.0. The average Bonchev–Trinajstić information content (AvgIpc) is 2.66. The van der Waals surface area contributed by atoms with Gasteiger partial charge < -0.3 is 5.73 Å². The Morgan fingerprint density at radius 1 is 1.31 bits per heavy atom. The Balaban J connectivity index is 2.22. The Bertz CT molecular complexity index is 363. The molecule has 1 saturated carbocycles. The van der Waals surface area contributed by atoms with E-state index in [1.54, 1.807) is 11.3 Å². The van der Waals surface area contributed by atoms with Crippen LogP contribution in [0.1, 0.15) is 36.1 Å². The molecule has 1 aromatic rings. The number of aryl methyl sites for hydroxylation is 1. The fourth-order valence-corrected chi connectivity index (χ4v) is 3.53. The number of hydrogen-bond donors (Lipinski definition) is 1. The summed E-state index contributed by atoms with van der Waals surface area (Å²) in [6, 6.07) is 2.10. The minimum absolute atomic E-state index is 0.0266. The largest absolute Gasteiger partial charge is 0.330 e. The molecule has 90 valence electrons. The van der Waals surface area contributed by atoms with E-state index < -0.39 is 5.92 Å². The molecule has 0 spiro atoms. The van der Waals surface area contributed by atoms with Crippen LogP contribution in [0.3, 0.4) is 0 Å². The maximum absolute atomic E-state index is 13.2. The van der Waals surface area contributed by atoms with Gasteiger partial charge in [-0.25, -0.2) is 8.78 Å². The predicted octanol–water partition coefficient (Wildman–Crippen LogP) is 3.46. The Morgan fingerprint density at radius 3 is 2.38 bits per heavy atom. The molecule has 0 bridgehead atoms. The van der Waals surface area contributed by atoms with Crippen molar-refractivity contribution in [3.63, 3.8) is 0 Å². The molecule has 0 amide bonds. The molecule has 0 atom stereocenters. The molecule has 1 aliphatic carbocycles. The Labute approximate surface area is 98.7 Å². The van der Waals surface area contributed by atoms with Crippen molar-refractivity contribution < 1.29 is 8.78 Å². The van der Waals surface area contributed by atoms with Gasteiger partial charge >= 0.3 is 0 Å². The molecule has 0 radical (unpaired) electrons. The van der Waals surface area contributed by atoms with Crippen LogP contribution in [0.2, 0.25) is 0 Å². The van der Waals surface area contributed by atoms with E-state index in [1.165, 1.54) is 10.4 Å². The minimum atomic E-state index is -2.48. The molecule has 1 fully saturated rings. The van der Waals surface area contributed by atoms with Crippen molar-refractivity contribution >= 4 is 11.3 Å². The summed E-state index contributed by atoms with van der Waals surface area (Å²) in [6.07, 6.45) is 0.967. The number of thiophene rings is 1. The summed E-state index contributed by atoms with van der Waals surface area (Å²) in [7, 11) is 0. The summed E-state index contributed by atoms with van der Waals surface area (Å²) >= 11 is 1.65. The molecule has 1 heterocycles. The van der Waals surface area contributed by atoms with E-state index in [-0.39, 0.29) is 18.3 Å². The van der Waals surface area contributed by atoms with Gasteiger partial charge in [0, 0.05) is 29.7 Å². The van der Waals surface area contributed by atoms with Gasteiger partial charge in [-0.2, -0.15) is 0 Å². The third kappa shape index (κ3) is 2.13. The highest BCUT2D eigenvalue weighted by Crippen LogP contribution is 2.46. The lowest BCUT2D eigenvalue weighted by Gasteiger charge is -2.38. The minimum Gasteiger partial charge on any atom is -0.330 e. The summed E-state index contributed by atoms with van der Waals surface area (Å²) < 4.78 is 26.3. The van der Waals surface area contributed by atoms with Crippen molar-refractivity contribution in [1.82, 2.24) is 0 Å². The molecule has 1 nitrogen and oxygen atoms in total. The highest BCUT2D eigenvalue weighted by atomic mass is 32.1.